The van der Waals surface area contributed by atoms with E-state index in [9.17, 15) is 19.1 Å². The lowest BCUT2D eigenvalue weighted by Gasteiger charge is -2.13. The van der Waals surface area contributed by atoms with Crippen molar-refractivity contribution in [1.82, 2.24) is 4.57 Å². The van der Waals surface area contributed by atoms with Gasteiger partial charge in [0.05, 0.1) is 10.2 Å². The SMILES string of the molecule is CCC(C(=O)O)n1c(=NC(=O)c2ccc(C)cc2)sc2cc(-c3ccc(F)cc3)ccc21. The number of carboxylic acid groups (broad SMARTS) is 1. The molecule has 0 spiro atoms. The highest BCUT2D eigenvalue weighted by Crippen LogP contribution is 2.28. The van der Waals surface area contributed by atoms with Crippen LogP contribution in [0.1, 0.15) is 35.3 Å². The van der Waals surface area contributed by atoms with E-state index in [1.807, 2.05) is 37.3 Å². The molecule has 0 saturated heterocycles. The molecule has 0 aliphatic carbocycles. The molecule has 5 nitrogen and oxygen atoms in total. The van der Waals surface area contributed by atoms with E-state index >= 15 is 0 Å². The second-order valence-electron chi connectivity index (χ2n) is 7.49. The number of fused-ring (bicyclic) bond motifs is 1. The van der Waals surface area contributed by atoms with Crippen molar-refractivity contribution in [2.75, 3.05) is 0 Å². The number of aryl methyl sites for hydroxylation is 1. The highest BCUT2D eigenvalue weighted by atomic mass is 32.1. The third kappa shape index (κ3) is 4.24. The van der Waals surface area contributed by atoms with Crippen LogP contribution in [-0.4, -0.2) is 21.6 Å². The van der Waals surface area contributed by atoms with Crippen LogP contribution in [0.2, 0.25) is 0 Å². The van der Waals surface area contributed by atoms with Crippen molar-refractivity contribution in [1.29, 1.82) is 0 Å². The van der Waals surface area contributed by atoms with E-state index in [4.69, 9.17) is 0 Å². The zero-order valence-electron chi connectivity index (χ0n) is 17.6. The Hall–Kier alpha value is -3.58. The molecule has 1 unspecified atom stereocenters. The van der Waals surface area contributed by atoms with Crippen LogP contribution in [0, 0.1) is 12.7 Å². The molecule has 3 aromatic carbocycles. The van der Waals surface area contributed by atoms with Crippen molar-refractivity contribution in [2.24, 2.45) is 4.99 Å². The van der Waals surface area contributed by atoms with Crippen LogP contribution in [0.3, 0.4) is 0 Å². The molecule has 4 aromatic rings. The Kier molecular flexibility index (Phi) is 6.01. The van der Waals surface area contributed by atoms with Gasteiger partial charge < -0.3 is 9.67 Å². The molecule has 32 heavy (non-hydrogen) atoms. The highest BCUT2D eigenvalue weighted by molar-refractivity contribution is 7.16. The van der Waals surface area contributed by atoms with Gasteiger partial charge in [0.2, 0.25) is 0 Å². The van der Waals surface area contributed by atoms with Gasteiger partial charge in [0.25, 0.3) is 5.91 Å². The molecule has 0 radical (unpaired) electrons. The number of aromatic nitrogens is 1. The largest absolute Gasteiger partial charge is 0.480 e. The van der Waals surface area contributed by atoms with E-state index in [2.05, 4.69) is 4.99 Å². The maximum absolute atomic E-state index is 13.3. The molecule has 1 amide bonds. The Labute approximate surface area is 188 Å². The summed E-state index contributed by atoms with van der Waals surface area (Å²) in [4.78, 5) is 29.4. The van der Waals surface area contributed by atoms with Gasteiger partial charge in [-0.3, -0.25) is 4.79 Å². The number of carbonyl (C=O) groups is 2. The number of amides is 1. The van der Waals surface area contributed by atoms with Crippen molar-refractivity contribution in [3.05, 3.63) is 88.5 Å². The molecule has 1 atom stereocenters. The number of hydrogen-bond acceptors (Lipinski definition) is 3. The minimum atomic E-state index is -0.987. The van der Waals surface area contributed by atoms with Crippen molar-refractivity contribution in [3.8, 4) is 11.1 Å². The molecule has 0 bridgehead atoms. The molecule has 1 aromatic heterocycles. The Balaban J connectivity index is 1.89. The maximum Gasteiger partial charge on any atom is 0.326 e. The molecule has 162 valence electrons. The minimum Gasteiger partial charge on any atom is -0.480 e. The number of halogens is 1. The number of thiazole rings is 1. The first-order chi connectivity index (χ1) is 15.4. The van der Waals surface area contributed by atoms with Crippen molar-refractivity contribution in [2.45, 2.75) is 26.3 Å². The lowest BCUT2D eigenvalue weighted by atomic mass is 10.1. The van der Waals surface area contributed by atoms with Gasteiger partial charge in [0, 0.05) is 5.56 Å². The van der Waals surface area contributed by atoms with Crippen LogP contribution >= 0.6 is 11.3 Å². The second kappa shape index (κ2) is 8.88. The zero-order chi connectivity index (χ0) is 22.8. The molecule has 0 aliphatic rings. The first-order valence-corrected chi connectivity index (χ1v) is 11.0. The van der Waals surface area contributed by atoms with E-state index in [-0.39, 0.29) is 5.82 Å². The quantitative estimate of drug-likeness (QED) is 0.432. The number of carboxylic acids is 1. The monoisotopic (exact) mass is 448 g/mol. The summed E-state index contributed by atoms with van der Waals surface area (Å²) >= 11 is 1.26. The van der Waals surface area contributed by atoms with Crippen LogP contribution in [0.15, 0.2) is 71.7 Å². The summed E-state index contributed by atoms with van der Waals surface area (Å²) in [6.45, 7) is 3.72. The highest BCUT2D eigenvalue weighted by Gasteiger charge is 2.22. The predicted octanol–water partition coefficient (Wildman–Crippen LogP) is 5.59. The van der Waals surface area contributed by atoms with Crippen molar-refractivity contribution >= 4 is 33.4 Å². The Morgan fingerprint density at radius 1 is 1.03 bits per heavy atom. The summed E-state index contributed by atoms with van der Waals surface area (Å²) in [5.74, 6) is -1.73. The number of rotatable bonds is 5. The summed E-state index contributed by atoms with van der Waals surface area (Å²) in [5.41, 5.74) is 3.86. The number of nitrogens with zero attached hydrogens (tertiary/aromatic N) is 2. The van der Waals surface area contributed by atoms with Crippen molar-refractivity contribution in [3.63, 3.8) is 0 Å². The van der Waals surface area contributed by atoms with E-state index in [0.29, 0.717) is 22.3 Å². The summed E-state index contributed by atoms with van der Waals surface area (Å²) in [5, 5.41) is 9.79. The smallest absolute Gasteiger partial charge is 0.326 e. The zero-order valence-corrected chi connectivity index (χ0v) is 18.4. The molecule has 1 N–H and O–H groups in total. The fourth-order valence-corrected chi connectivity index (χ4v) is 4.67. The van der Waals surface area contributed by atoms with Gasteiger partial charge in [-0.15, -0.1) is 0 Å². The molecule has 0 fully saturated rings. The maximum atomic E-state index is 13.3. The third-order valence-corrected chi connectivity index (χ3v) is 6.30. The summed E-state index contributed by atoms with van der Waals surface area (Å²) in [6.07, 6.45) is 0.340. The molecule has 0 aliphatic heterocycles. The van der Waals surface area contributed by atoms with E-state index in [1.54, 1.807) is 35.8 Å². The van der Waals surface area contributed by atoms with Crippen molar-refractivity contribution < 1.29 is 19.1 Å². The van der Waals surface area contributed by atoms with E-state index in [1.165, 1.54) is 23.5 Å². The summed E-state index contributed by atoms with van der Waals surface area (Å²) in [7, 11) is 0. The summed E-state index contributed by atoms with van der Waals surface area (Å²) < 4.78 is 15.7. The minimum absolute atomic E-state index is 0.313. The van der Waals surface area contributed by atoms with E-state index in [0.717, 1.165) is 21.4 Å². The van der Waals surface area contributed by atoms with Crippen LogP contribution in [-0.2, 0) is 4.79 Å². The standard InChI is InChI=1S/C25H21FN2O3S/c1-3-20(24(30)31)28-21-13-10-18(16-8-11-19(26)12-9-16)14-22(21)32-25(28)27-23(29)17-6-4-15(2)5-7-17/h4-14,20H,3H2,1-2H3,(H,30,31). The van der Waals surface area contributed by atoms with Gasteiger partial charge in [0.15, 0.2) is 4.80 Å². The normalized spacial score (nSPS) is 12.8. The van der Waals surface area contributed by atoms with Gasteiger partial charge in [-0.1, -0.05) is 54.2 Å². The van der Waals surface area contributed by atoms with Crippen LogP contribution in [0.25, 0.3) is 21.3 Å². The van der Waals surface area contributed by atoms with Crippen LogP contribution in [0.4, 0.5) is 4.39 Å². The first-order valence-electron chi connectivity index (χ1n) is 10.2. The Morgan fingerprint density at radius 2 is 1.69 bits per heavy atom. The number of aliphatic carboxylic acids is 1. The fraction of sp³-hybridized carbons (Fsp3) is 0.160. The molecule has 7 heteroatoms. The summed E-state index contributed by atoms with van der Waals surface area (Å²) in [6, 6.07) is 18.0. The van der Waals surface area contributed by atoms with E-state index < -0.39 is 17.9 Å². The third-order valence-electron chi connectivity index (χ3n) is 5.28. The average Bonchev–Trinajstić information content (AvgIpc) is 3.12. The number of carbonyl (C=O) groups excluding carboxylic acids is 1. The van der Waals surface area contributed by atoms with Crippen LogP contribution in [0.5, 0.6) is 0 Å². The lowest BCUT2D eigenvalue weighted by molar-refractivity contribution is -0.140. The fourth-order valence-electron chi connectivity index (χ4n) is 3.56. The topological polar surface area (TPSA) is 71.7 Å². The number of benzene rings is 3. The molecule has 4 rings (SSSR count). The first kappa shape index (κ1) is 21.6. The van der Waals surface area contributed by atoms with Gasteiger partial charge in [-0.2, -0.15) is 4.99 Å². The van der Waals surface area contributed by atoms with Gasteiger partial charge in [-0.25, -0.2) is 9.18 Å². The molecular formula is C25H21FN2O3S. The predicted molar refractivity (Wildman–Crippen MR) is 123 cm³/mol. The molecule has 0 saturated carbocycles. The van der Waals surface area contributed by atoms with Crippen LogP contribution < -0.4 is 4.80 Å². The van der Waals surface area contributed by atoms with Gasteiger partial charge in [-0.05, 0) is 60.9 Å². The second-order valence-corrected chi connectivity index (χ2v) is 8.50. The van der Waals surface area contributed by atoms with Gasteiger partial charge >= 0.3 is 5.97 Å². The molecule has 1 heterocycles. The molecular weight excluding hydrogens is 427 g/mol. The Bertz CT molecular complexity index is 1370. The van der Waals surface area contributed by atoms with Gasteiger partial charge in [0.1, 0.15) is 11.9 Å². The lowest BCUT2D eigenvalue weighted by Crippen LogP contribution is -2.27. The Morgan fingerprint density at radius 3 is 2.31 bits per heavy atom. The average molecular weight is 449 g/mol. The number of hydrogen-bond donors (Lipinski definition) is 1.